The van der Waals surface area contributed by atoms with Crippen LogP contribution in [-0.4, -0.2) is 33.5 Å². The summed E-state index contributed by atoms with van der Waals surface area (Å²) in [5.74, 6) is 2.38. The molecule has 1 heterocycles. The molecule has 1 aliphatic carbocycles. The molecule has 2 fully saturated rings. The van der Waals surface area contributed by atoms with Gasteiger partial charge in [-0.3, -0.25) is 0 Å². The Kier molecular flexibility index (Phi) is 3.15. The summed E-state index contributed by atoms with van der Waals surface area (Å²) in [5.41, 5.74) is 7.22. The van der Waals surface area contributed by atoms with Crippen molar-refractivity contribution in [2.45, 2.75) is 24.3 Å². The Bertz CT molecular complexity index is 464. The zero-order valence-corrected chi connectivity index (χ0v) is 11.5. The summed E-state index contributed by atoms with van der Waals surface area (Å²) in [6, 6.07) is 6.35. The van der Waals surface area contributed by atoms with Crippen LogP contribution in [0.25, 0.3) is 0 Å². The van der Waals surface area contributed by atoms with Crippen LogP contribution in [0.4, 0.5) is 0 Å². The van der Waals surface area contributed by atoms with Crippen molar-refractivity contribution in [1.82, 2.24) is 0 Å². The predicted molar refractivity (Wildman–Crippen MR) is 72.7 cm³/mol. The van der Waals surface area contributed by atoms with Gasteiger partial charge in [-0.25, -0.2) is 0 Å². The van der Waals surface area contributed by atoms with Gasteiger partial charge in [0.2, 0.25) is 0 Å². The molecule has 0 radical (unpaired) electrons. The first kappa shape index (κ1) is 12.8. The first-order valence-corrected chi connectivity index (χ1v) is 6.75. The van der Waals surface area contributed by atoms with Crippen LogP contribution >= 0.6 is 0 Å². The van der Waals surface area contributed by atoms with Crippen molar-refractivity contribution in [2.75, 3.05) is 27.4 Å². The quantitative estimate of drug-likeness (QED) is 0.898. The van der Waals surface area contributed by atoms with E-state index < -0.39 is 0 Å². The Labute approximate surface area is 113 Å². The van der Waals surface area contributed by atoms with Crippen molar-refractivity contribution in [3.05, 3.63) is 23.8 Å². The molecule has 4 nitrogen and oxygen atoms in total. The molecule has 1 aliphatic heterocycles. The molecule has 2 N–H and O–H groups in total. The molecule has 19 heavy (non-hydrogen) atoms. The SMILES string of the molecule is COc1ccc(OC)c(C2(C3CC(N)C3)COC2)c1. The van der Waals surface area contributed by atoms with Gasteiger partial charge in [-0.15, -0.1) is 0 Å². The van der Waals surface area contributed by atoms with E-state index in [0.717, 1.165) is 37.6 Å². The van der Waals surface area contributed by atoms with E-state index in [4.69, 9.17) is 19.9 Å². The van der Waals surface area contributed by atoms with Gasteiger partial charge in [0.05, 0.1) is 27.4 Å². The van der Waals surface area contributed by atoms with Crippen molar-refractivity contribution < 1.29 is 14.2 Å². The summed E-state index contributed by atoms with van der Waals surface area (Å²) in [6.07, 6.45) is 2.15. The number of hydrogen-bond acceptors (Lipinski definition) is 4. The summed E-state index contributed by atoms with van der Waals surface area (Å²) in [4.78, 5) is 0. The summed E-state index contributed by atoms with van der Waals surface area (Å²) < 4.78 is 16.4. The van der Waals surface area contributed by atoms with E-state index in [0.29, 0.717) is 12.0 Å². The average Bonchev–Trinajstić information content (AvgIpc) is 2.35. The lowest BCUT2D eigenvalue weighted by Gasteiger charge is -2.53. The highest BCUT2D eigenvalue weighted by Gasteiger charge is 2.52. The molecule has 1 saturated heterocycles. The first-order chi connectivity index (χ1) is 9.19. The van der Waals surface area contributed by atoms with Crippen LogP contribution in [0.2, 0.25) is 0 Å². The molecule has 1 aromatic rings. The number of hydrogen-bond donors (Lipinski definition) is 1. The summed E-state index contributed by atoms with van der Waals surface area (Å²) in [5, 5.41) is 0. The van der Waals surface area contributed by atoms with Crippen LogP contribution in [0.15, 0.2) is 18.2 Å². The Morgan fingerprint density at radius 3 is 2.42 bits per heavy atom. The zero-order chi connectivity index (χ0) is 13.5. The topological polar surface area (TPSA) is 53.7 Å². The molecule has 1 aromatic carbocycles. The number of ether oxygens (including phenoxy) is 3. The molecule has 0 unspecified atom stereocenters. The zero-order valence-electron chi connectivity index (χ0n) is 11.5. The van der Waals surface area contributed by atoms with Crippen molar-refractivity contribution in [3.8, 4) is 11.5 Å². The second-order valence-corrected chi connectivity index (χ2v) is 5.64. The predicted octanol–water partition coefficient (Wildman–Crippen LogP) is 1.71. The molecule has 0 amide bonds. The van der Waals surface area contributed by atoms with E-state index in [1.807, 2.05) is 12.1 Å². The number of rotatable bonds is 4. The Hall–Kier alpha value is -1.26. The number of nitrogens with two attached hydrogens (primary N) is 1. The molecule has 0 spiro atoms. The highest BCUT2D eigenvalue weighted by Crippen LogP contribution is 2.51. The van der Waals surface area contributed by atoms with Gasteiger partial charge in [-0.2, -0.15) is 0 Å². The van der Waals surface area contributed by atoms with Crippen molar-refractivity contribution >= 4 is 0 Å². The maximum absolute atomic E-state index is 5.95. The molecule has 0 atom stereocenters. The molecule has 1 saturated carbocycles. The van der Waals surface area contributed by atoms with E-state index in [1.54, 1.807) is 14.2 Å². The van der Waals surface area contributed by atoms with E-state index in [2.05, 4.69) is 6.07 Å². The van der Waals surface area contributed by atoms with Crippen LogP contribution < -0.4 is 15.2 Å². The minimum Gasteiger partial charge on any atom is -0.497 e. The van der Waals surface area contributed by atoms with Gasteiger partial charge in [0, 0.05) is 17.0 Å². The largest absolute Gasteiger partial charge is 0.497 e. The Morgan fingerprint density at radius 2 is 1.95 bits per heavy atom. The number of benzene rings is 1. The van der Waals surface area contributed by atoms with E-state index in [1.165, 1.54) is 5.56 Å². The van der Waals surface area contributed by atoms with Crippen molar-refractivity contribution in [3.63, 3.8) is 0 Å². The van der Waals surface area contributed by atoms with Gasteiger partial charge < -0.3 is 19.9 Å². The van der Waals surface area contributed by atoms with E-state index in [9.17, 15) is 0 Å². The van der Waals surface area contributed by atoms with Gasteiger partial charge in [-0.1, -0.05) is 0 Å². The first-order valence-electron chi connectivity index (χ1n) is 6.75. The van der Waals surface area contributed by atoms with Crippen molar-refractivity contribution in [1.29, 1.82) is 0 Å². The second kappa shape index (κ2) is 4.69. The minimum absolute atomic E-state index is 0.0652. The third kappa shape index (κ3) is 1.90. The molecule has 3 rings (SSSR count). The highest BCUT2D eigenvalue weighted by molar-refractivity contribution is 5.47. The Morgan fingerprint density at radius 1 is 1.21 bits per heavy atom. The Balaban J connectivity index is 1.98. The molecule has 0 aromatic heterocycles. The third-order valence-corrected chi connectivity index (χ3v) is 4.62. The summed E-state index contributed by atoms with van der Waals surface area (Å²) in [7, 11) is 3.40. The lowest BCUT2D eigenvalue weighted by molar-refractivity contribution is -0.111. The number of methoxy groups -OCH3 is 2. The van der Waals surface area contributed by atoms with Crippen LogP contribution in [0.5, 0.6) is 11.5 Å². The smallest absolute Gasteiger partial charge is 0.123 e. The molecule has 4 heteroatoms. The lowest BCUT2D eigenvalue weighted by atomic mass is 9.59. The van der Waals surface area contributed by atoms with E-state index >= 15 is 0 Å². The highest BCUT2D eigenvalue weighted by atomic mass is 16.5. The molecular weight excluding hydrogens is 242 g/mol. The van der Waals surface area contributed by atoms with Crippen LogP contribution in [0, 0.1) is 5.92 Å². The maximum atomic E-state index is 5.95. The summed E-state index contributed by atoms with van der Waals surface area (Å²) >= 11 is 0. The average molecular weight is 263 g/mol. The third-order valence-electron chi connectivity index (χ3n) is 4.62. The molecule has 2 aliphatic rings. The maximum Gasteiger partial charge on any atom is 0.123 e. The van der Waals surface area contributed by atoms with Gasteiger partial charge in [0.1, 0.15) is 11.5 Å². The van der Waals surface area contributed by atoms with Gasteiger partial charge in [-0.05, 0) is 37.0 Å². The van der Waals surface area contributed by atoms with Gasteiger partial charge in [0.15, 0.2) is 0 Å². The van der Waals surface area contributed by atoms with Crippen LogP contribution in [-0.2, 0) is 10.2 Å². The molecule has 0 bridgehead atoms. The summed E-state index contributed by atoms with van der Waals surface area (Å²) in [6.45, 7) is 1.52. The monoisotopic (exact) mass is 263 g/mol. The molecular formula is C15H21NO3. The van der Waals surface area contributed by atoms with Crippen molar-refractivity contribution in [2.24, 2.45) is 11.7 Å². The minimum atomic E-state index is 0.0652. The van der Waals surface area contributed by atoms with Gasteiger partial charge >= 0.3 is 0 Å². The lowest BCUT2D eigenvalue weighted by Crippen LogP contribution is -2.58. The second-order valence-electron chi connectivity index (χ2n) is 5.64. The van der Waals surface area contributed by atoms with Crippen LogP contribution in [0.3, 0.4) is 0 Å². The standard InChI is InChI=1S/C15H21NO3/c1-17-12-3-4-14(18-2)13(7-12)15(8-19-9-15)10-5-11(16)6-10/h3-4,7,10-11H,5-6,8-9,16H2,1-2H3. The van der Waals surface area contributed by atoms with E-state index in [-0.39, 0.29) is 5.41 Å². The molecule has 104 valence electrons. The fourth-order valence-corrected chi connectivity index (χ4v) is 3.25. The van der Waals surface area contributed by atoms with Gasteiger partial charge in [0.25, 0.3) is 0 Å². The fraction of sp³-hybridized carbons (Fsp3) is 0.600. The fourth-order valence-electron chi connectivity index (χ4n) is 3.25. The normalized spacial score (nSPS) is 28.2. The van der Waals surface area contributed by atoms with Crippen LogP contribution in [0.1, 0.15) is 18.4 Å².